The quantitative estimate of drug-likeness (QED) is 0.286. The van der Waals surface area contributed by atoms with Gasteiger partial charge >= 0.3 is 0 Å². The molecule has 0 unspecified atom stereocenters. The monoisotopic (exact) mass is 474 g/mol. The van der Waals surface area contributed by atoms with Gasteiger partial charge in [0.15, 0.2) is 0 Å². The average Bonchev–Trinajstić information content (AvgIpc) is 2.93. The predicted octanol–water partition coefficient (Wildman–Crippen LogP) is 7.46. The Morgan fingerprint density at radius 2 is 0.889 bits per heavy atom. The normalized spacial score (nSPS) is 10.9. The Hall–Kier alpha value is -4.28. The van der Waals surface area contributed by atoms with Gasteiger partial charge in [0, 0.05) is 37.6 Å². The van der Waals surface area contributed by atoms with Gasteiger partial charge in [-0.15, -0.1) is 0 Å². The van der Waals surface area contributed by atoms with Crippen LogP contribution in [0.2, 0.25) is 0 Å². The molecule has 0 N–H and O–H groups in total. The van der Waals surface area contributed by atoms with Crippen LogP contribution in [0, 0.1) is 22.7 Å². The highest BCUT2D eigenvalue weighted by Gasteiger charge is 2.07. The fraction of sp³-hybridized carbons (Fsp3) is 0.250. The number of anilines is 2. The predicted molar refractivity (Wildman–Crippen MR) is 154 cm³/mol. The standard InChI is InChI=1S/C32H34N4/c1-5-35(6-2)31-17-11-25(12-18-31)9-15-27-21-30(24-34)28(22-29(27)23-33)16-10-26-13-19-32(20-14-26)36(7-3)8-4/h9-22H,5-8H2,1-4H3/b15-9+,16-10+. The van der Waals surface area contributed by atoms with E-state index in [1.165, 1.54) is 11.4 Å². The third-order valence-electron chi connectivity index (χ3n) is 6.42. The van der Waals surface area contributed by atoms with Gasteiger partial charge in [0.2, 0.25) is 0 Å². The summed E-state index contributed by atoms with van der Waals surface area (Å²) in [4.78, 5) is 4.60. The SMILES string of the molecule is CCN(CC)c1ccc(/C=C/c2cc(C#N)c(/C=C/c3ccc(N(CC)CC)cc3)cc2C#N)cc1. The van der Waals surface area contributed by atoms with Crippen molar-refractivity contribution in [1.29, 1.82) is 10.5 Å². The van der Waals surface area contributed by atoms with Crippen LogP contribution < -0.4 is 9.80 Å². The lowest BCUT2D eigenvalue weighted by atomic mass is 9.97. The molecule has 0 atom stereocenters. The number of rotatable bonds is 10. The third kappa shape index (κ3) is 6.44. The summed E-state index contributed by atoms with van der Waals surface area (Å²) in [5, 5.41) is 19.5. The molecule has 0 saturated carbocycles. The highest BCUT2D eigenvalue weighted by atomic mass is 15.1. The second-order valence-electron chi connectivity index (χ2n) is 8.44. The van der Waals surface area contributed by atoms with Crippen LogP contribution in [0.1, 0.15) is 61.1 Å². The van der Waals surface area contributed by atoms with E-state index in [1.807, 2.05) is 24.3 Å². The lowest BCUT2D eigenvalue weighted by Crippen LogP contribution is -2.21. The molecule has 0 aromatic heterocycles. The summed E-state index contributed by atoms with van der Waals surface area (Å²) < 4.78 is 0. The minimum atomic E-state index is 0.543. The highest BCUT2D eigenvalue weighted by Crippen LogP contribution is 2.23. The zero-order valence-electron chi connectivity index (χ0n) is 21.7. The lowest BCUT2D eigenvalue weighted by molar-refractivity contribution is 0.866. The van der Waals surface area contributed by atoms with Crippen LogP contribution in [0.4, 0.5) is 11.4 Å². The van der Waals surface area contributed by atoms with Gasteiger partial charge in [-0.25, -0.2) is 0 Å². The summed E-state index contributed by atoms with van der Waals surface area (Å²) in [7, 11) is 0. The van der Waals surface area contributed by atoms with Crippen LogP contribution in [-0.2, 0) is 0 Å². The number of nitrogens with zero attached hydrogens (tertiary/aromatic N) is 4. The highest BCUT2D eigenvalue weighted by molar-refractivity contribution is 5.79. The van der Waals surface area contributed by atoms with E-state index >= 15 is 0 Å². The Bertz CT molecular complexity index is 1170. The van der Waals surface area contributed by atoms with Crippen LogP contribution >= 0.6 is 0 Å². The Morgan fingerprint density at radius 1 is 0.556 bits per heavy atom. The topological polar surface area (TPSA) is 54.1 Å². The van der Waals surface area contributed by atoms with Gasteiger partial charge in [-0.05, 0) is 86.3 Å². The van der Waals surface area contributed by atoms with Crippen molar-refractivity contribution < 1.29 is 0 Å². The van der Waals surface area contributed by atoms with E-state index in [1.54, 1.807) is 12.1 Å². The van der Waals surface area contributed by atoms with Gasteiger partial charge in [0.25, 0.3) is 0 Å². The maximum atomic E-state index is 9.77. The van der Waals surface area contributed by atoms with Gasteiger partial charge in [0.05, 0.1) is 23.3 Å². The summed E-state index contributed by atoms with van der Waals surface area (Å²) in [5.74, 6) is 0. The van der Waals surface area contributed by atoms with E-state index in [-0.39, 0.29) is 0 Å². The van der Waals surface area contributed by atoms with Crippen molar-refractivity contribution in [3.05, 3.63) is 94.0 Å². The molecule has 0 aliphatic rings. The summed E-state index contributed by atoms with van der Waals surface area (Å²) in [5.41, 5.74) is 7.05. The second-order valence-corrected chi connectivity index (χ2v) is 8.44. The van der Waals surface area contributed by atoms with Gasteiger partial charge in [-0.2, -0.15) is 10.5 Å². The van der Waals surface area contributed by atoms with Crippen molar-refractivity contribution >= 4 is 35.7 Å². The smallest absolute Gasteiger partial charge is 0.0998 e. The molecular formula is C32H34N4. The first kappa shape index (κ1) is 26.3. The molecule has 0 aliphatic heterocycles. The molecule has 3 aromatic carbocycles. The maximum Gasteiger partial charge on any atom is 0.0998 e. The first-order chi connectivity index (χ1) is 17.6. The Labute approximate surface area is 216 Å². The van der Waals surface area contributed by atoms with Crippen LogP contribution in [0.3, 0.4) is 0 Å². The molecule has 0 spiro atoms. The average molecular weight is 475 g/mol. The van der Waals surface area contributed by atoms with Crippen LogP contribution in [-0.4, -0.2) is 26.2 Å². The van der Waals surface area contributed by atoms with Crippen molar-refractivity contribution in [2.24, 2.45) is 0 Å². The molecule has 0 heterocycles. The number of nitriles is 2. The van der Waals surface area contributed by atoms with E-state index in [2.05, 4.69) is 98.2 Å². The first-order valence-corrected chi connectivity index (χ1v) is 12.6. The Balaban J connectivity index is 1.83. The Morgan fingerprint density at radius 3 is 1.17 bits per heavy atom. The molecule has 0 bridgehead atoms. The summed E-state index contributed by atoms with van der Waals surface area (Å²) in [6.07, 6.45) is 7.78. The largest absolute Gasteiger partial charge is 0.372 e. The maximum absolute atomic E-state index is 9.77. The number of hydrogen-bond donors (Lipinski definition) is 0. The van der Waals surface area contributed by atoms with E-state index in [9.17, 15) is 10.5 Å². The van der Waals surface area contributed by atoms with E-state index in [0.29, 0.717) is 11.1 Å². The minimum absolute atomic E-state index is 0.543. The molecule has 3 rings (SSSR count). The number of benzene rings is 3. The van der Waals surface area contributed by atoms with Gasteiger partial charge in [0.1, 0.15) is 0 Å². The molecule has 0 amide bonds. The fourth-order valence-electron chi connectivity index (χ4n) is 4.24. The molecule has 0 radical (unpaired) electrons. The van der Waals surface area contributed by atoms with Gasteiger partial charge in [-0.3, -0.25) is 0 Å². The zero-order chi connectivity index (χ0) is 25.9. The lowest BCUT2D eigenvalue weighted by Gasteiger charge is -2.20. The minimum Gasteiger partial charge on any atom is -0.372 e. The van der Waals surface area contributed by atoms with Crippen molar-refractivity contribution in [3.8, 4) is 12.1 Å². The summed E-state index contributed by atoms with van der Waals surface area (Å²) >= 11 is 0. The van der Waals surface area contributed by atoms with E-state index in [4.69, 9.17) is 0 Å². The van der Waals surface area contributed by atoms with Gasteiger partial charge in [-0.1, -0.05) is 48.6 Å². The van der Waals surface area contributed by atoms with E-state index < -0.39 is 0 Å². The molecule has 4 heteroatoms. The molecule has 4 nitrogen and oxygen atoms in total. The second kappa shape index (κ2) is 13.0. The van der Waals surface area contributed by atoms with Crippen molar-refractivity contribution in [3.63, 3.8) is 0 Å². The summed E-state index contributed by atoms with van der Waals surface area (Å²) in [6.45, 7) is 12.5. The number of hydrogen-bond acceptors (Lipinski definition) is 4. The zero-order valence-corrected chi connectivity index (χ0v) is 21.7. The van der Waals surface area contributed by atoms with Crippen LogP contribution in [0.15, 0.2) is 60.7 Å². The van der Waals surface area contributed by atoms with E-state index in [0.717, 1.165) is 48.4 Å². The Kier molecular flexibility index (Phi) is 9.49. The molecule has 182 valence electrons. The summed E-state index contributed by atoms with van der Waals surface area (Å²) in [6, 6.07) is 24.9. The van der Waals surface area contributed by atoms with Crippen LogP contribution in [0.25, 0.3) is 24.3 Å². The molecule has 0 aliphatic carbocycles. The molecule has 0 fully saturated rings. The van der Waals surface area contributed by atoms with Crippen molar-refractivity contribution in [1.82, 2.24) is 0 Å². The molecule has 36 heavy (non-hydrogen) atoms. The third-order valence-corrected chi connectivity index (χ3v) is 6.42. The first-order valence-electron chi connectivity index (χ1n) is 12.6. The van der Waals surface area contributed by atoms with Crippen molar-refractivity contribution in [2.75, 3.05) is 36.0 Å². The molecule has 3 aromatic rings. The van der Waals surface area contributed by atoms with Crippen molar-refractivity contribution in [2.45, 2.75) is 27.7 Å². The molecular weight excluding hydrogens is 440 g/mol. The fourth-order valence-corrected chi connectivity index (χ4v) is 4.24. The molecule has 0 saturated heterocycles. The van der Waals surface area contributed by atoms with Crippen LogP contribution in [0.5, 0.6) is 0 Å². The van der Waals surface area contributed by atoms with Gasteiger partial charge < -0.3 is 9.80 Å².